The Hall–Kier alpha value is -1.92. The van der Waals surface area contributed by atoms with Gasteiger partial charge in [0, 0.05) is 0 Å². The number of benzene rings is 1. The molecule has 0 bridgehead atoms. The maximum absolute atomic E-state index is 11.2. The number of methoxy groups -OCH3 is 2. The fourth-order valence-corrected chi connectivity index (χ4v) is 1.50. The molecule has 1 heterocycles. The lowest BCUT2D eigenvalue weighted by Crippen LogP contribution is -2.16. The topological polar surface area (TPSA) is 71.1 Å². The fraction of sp³-hybridized carbons (Fsp3) is 0.429. The van der Waals surface area contributed by atoms with Crippen molar-refractivity contribution in [3.8, 4) is 0 Å². The Morgan fingerprint density at radius 3 is 1.45 bits per heavy atom. The third kappa shape index (κ3) is 4.99. The first kappa shape index (κ1) is 16.1. The van der Waals surface area contributed by atoms with Crippen LogP contribution >= 0.6 is 0 Å². The molecule has 1 aliphatic rings. The molecule has 1 aliphatic heterocycles. The highest BCUT2D eigenvalue weighted by Crippen LogP contribution is 2.10. The van der Waals surface area contributed by atoms with Crippen LogP contribution in [0.5, 0.6) is 0 Å². The van der Waals surface area contributed by atoms with E-state index in [4.69, 9.17) is 9.47 Å². The molecule has 1 aromatic carbocycles. The average molecular weight is 282 g/mol. The van der Waals surface area contributed by atoms with E-state index in [1.807, 2.05) is 0 Å². The van der Waals surface area contributed by atoms with Crippen molar-refractivity contribution in [1.29, 1.82) is 0 Å². The zero-order valence-corrected chi connectivity index (χ0v) is 11.6. The molecule has 110 valence electrons. The van der Waals surface area contributed by atoms with Gasteiger partial charge < -0.3 is 18.9 Å². The molecule has 0 unspecified atom stereocenters. The summed E-state index contributed by atoms with van der Waals surface area (Å²) in [7, 11) is 2.52. The average Bonchev–Trinajstić information content (AvgIpc) is 2.55. The monoisotopic (exact) mass is 282 g/mol. The lowest BCUT2D eigenvalue weighted by molar-refractivity contribution is -0.0334. The molecule has 0 radical (unpaired) electrons. The Labute approximate surface area is 117 Å². The van der Waals surface area contributed by atoms with E-state index in [2.05, 4.69) is 9.47 Å². The van der Waals surface area contributed by atoms with Crippen molar-refractivity contribution in [3.05, 3.63) is 35.4 Å². The SMILES string of the molecule is C1COCCO1.COC(=O)c1ccccc1C(=O)OC. The molecule has 6 nitrogen and oxygen atoms in total. The molecule has 0 aliphatic carbocycles. The smallest absolute Gasteiger partial charge is 0.338 e. The van der Waals surface area contributed by atoms with Crippen LogP contribution in [0.4, 0.5) is 0 Å². The molecular weight excluding hydrogens is 264 g/mol. The quantitative estimate of drug-likeness (QED) is 0.761. The molecule has 20 heavy (non-hydrogen) atoms. The Kier molecular flexibility index (Phi) is 7.31. The van der Waals surface area contributed by atoms with Gasteiger partial charge in [-0.05, 0) is 12.1 Å². The second-order valence-electron chi connectivity index (χ2n) is 3.75. The number of ether oxygens (including phenoxy) is 4. The Morgan fingerprint density at radius 2 is 1.20 bits per heavy atom. The first-order valence-corrected chi connectivity index (χ1v) is 6.12. The fourth-order valence-electron chi connectivity index (χ4n) is 1.50. The van der Waals surface area contributed by atoms with Gasteiger partial charge in [0.1, 0.15) is 0 Å². The van der Waals surface area contributed by atoms with Gasteiger partial charge in [-0.1, -0.05) is 12.1 Å². The molecule has 0 aromatic heterocycles. The van der Waals surface area contributed by atoms with Crippen LogP contribution in [0, 0.1) is 0 Å². The highest BCUT2D eigenvalue weighted by molar-refractivity contribution is 6.02. The standard InChI is InChI=1S/C10H10O4.C4H8O2/c1-13-9(11)7-5-3-4-6-8(7)10(12)14-2;1-2-6-4-3-5-1/h3-6H,1-2H3;1-4H2. The third-order valence-corrected chi connectivity index (χ3v) is 2.48. The Morgan fingerprint density at radius 1 is 0.850 bits per heavy atom. The van der Waals surface area contributed by atoms with Crippen molar-refractivity contribution in [2.75, 3.05) is 40.6 Å². The van der Waals surface area contributed by atoms with Gasteiger partial charge in [0.25, 0.3) is 0 Å². The Bertz CT molecular complexity index is 393. The van der Waals surface area contributed by atoms with Crippen LogP contribution in [0.1, 0.15) is 20.7 Å². The molecule has 0 amide bonds. The van der Waals surface area contributed by atoms with Crippen molar-refractivity contribution in [1.82, 2.24) is 0 Å². The molecule has 0 N–H and O–H groups in total. The van der Waals surface area contributed by atoms with Crippen LogP contribution in [0.25, 0.3) is 0 Å². The molecule has 1 fully saturated rings. The predicted octanol–water partition coefficient (Wildman–Crippen LogP) is 1.29. The number of esters is 2. The van der Waals surface area contributed by atoms with Crippen molar-refractivity contribution >= 4 is 11.9 Å². The third-order valence-electron chi connectivity index (χ3n) is 2.48. The summed E-state index contributed by atoms with van der Waals surface area (Å²) in [6, 6.07) is 6.33. The minimum Gasteiger partial charge on any atom is -0.465 e. The largest absolute Gasteiger partial charge is 0.465 e. The molecule has 1 saturated heterocycles. The summed E-state index contributed by atoms with van der Waals surface area (Å²) in [5.74, 6) is -1.10. The van der Waals surface area contributed by atoms with E-state index in [0.29, 0.717) is 0 Å². The summed E-state index contributed by atoms with van der Waals surface area (Å²) in [4.78, 5) is 22.4. The molecule has 0 spiro atoms. The van der Waals surface area contributed by atoms with Gasteiger partial charge in [-0.3, -0.25) is 0 Å². The summed E-state index contributed by atoms with van der Waals surface area (Å²) in [5, 5.41) is 0. The number of carbonyl (C=O) groups excluding carboxylic acids is 2. The first-order valence-electron chi connectivity index (χ1n) is 6.12. The second kappa shape index (κ2) is 9.06. The maximum atomic E-state index is 11.2. The van der Waals surface area contributed by atoms with Crippen LogP contribution in [-0.4, -0.2) is 52.6 Å². The number of rotatable bonds is 2. The van der Waals surface area contributed by atoms with Crippen LogP contribution in [0.2, 0.25) is 0 Å². The van der Waals surface area contributed by atoms with E-state index in [0.717, 1.165) is 26.4 Å². The molecule has 0 saturated carbocycles. The maximum Gasteiger partial charge on any atom is 0.338 e. The zero-order chi connectivity index (χ0) is 14.8. The summed E-state index contributed by atoms with van der Waals surface area (Å²) >= 11 is 0. The minimum absolute atomic E-state index is 0.210. The Balaban J connectivity index is 0.000000276. The normalized spacial score (nSPS) is 13.7. The first-order chi connectivity index (χ1) is 9.70. The summed E-state index contributed by atoms with van der Waals surface area (Å²) in [5.41, 5.74) is 0.420. The highest BCUT2D eigenvalue weighted by Gasteiger charge is 2.16. The molecular formula is C14H18O6. The van der Waals surface area contributed by atoms with Crippen molar-refractivity contribution in [3.63, 3.8) is 0 Å². The van der Waals surface area contributed by atoms with Crippen molar-refractivity contribution in [2.45, 2.75) is 0 Å². The van der Waals surface area contributed by atoms with Crippen LogP contribution in [0.3, 0.4) is 0 Å². The lowest BCUT2D eigenvalue weighted by atomic mass is 10.1. The van der Waals surface area contributed by atoms with Crippen LogP contribution in [0.15, 0.2) is 24.3 Å². The van der Waals surface area contributed by atoms with Gasteiger partial charge in [0.05, 0.1) is 51.8 Å². The van der Waals surface area contributed by atoms with Gasteiger partial charge in [-0.2, -0.15) is 0 Å². The number of carbonyl (C=O) groups is 2. The van der Waals surface area contributed by atoms with E-state index in [9.17, 15) is 9.59 Å². The minimum atomic E-state index is -0.550. The van der Waals surface area contributed by atoms with Crippen LogP contribution in [-0.2, 0) is 18.9 Å². The summed E-state index contributed by atoms with van der Waals surface area (Å²) < 4.78 is 18.9. The van der Waals surface area contributed by atoms with E-state index in [-0.39, 0.29) is 11.1 Å². The number of hydrogen-bond donors (Lipinski definition) is 0. The van der Waals surface area contributed by atoms with Crippen molar-refractivity contribution in [2.24, 2.45) is 0 Å². The van der Waals surface area contributed by atoms with E-state index in [1.165, 1.54) is 26.4 Å². The summed E-state index contributed by atoms with van der Waals surface area (Å²) in [6.45, 7) is 3.11. The summed E-state index contributed by atoms with van der Waals surface area (Å²) in [6.07, 6.45) is 0. The van der Waals surface area contributed by atoms with E-state index < -0.39 is 11.9 Å². The van der Waals surface area contributed by atoms with Gasteiger partial charge >= 0.3 is 11.9 Å². The predicted molar refractivity (Wildman–Crippen MR) is 70.8 cm³/mol. The van der Waals surface area contributed by atoms with Crippen LogP contribution < -0.4 is 0 Å². The second-order valence-corrected chi connectivity index (χ2v) is 3.75. The van der Waals surface area contributed by atoms with E-state index >= 15 is 0 Å². The number of hydrogen-bond acceptors (Lipinski definition) is 6. The van der Waals surface area contributed by atoms with Gasteiger partial charge in [0.2, 0.25) is 0 Å². The van der Waals surface area contributed by atoms with Gasteiger partial charge in [-0.25, -0.2) is 9.59 Å². The molecule has 2 rings (SSSR count). The lowest BCUT2D eigenvalue weighted by Gasteiger charge is -2.09. The zero-order valence-electron chi connectivity index (χ0n) is 11.6. The van der Waals surface area contributed by atoms with E-state index in [1.54, 1.807) is 12.1 Å². The molecule has 0 atom stereocenters. The molecule has 6 heteroatoms. The van der Waals surface area contributed by atoms with Gasteiger partial charge in [0.15, 0.2) is 0 Å². The van der Waals surface area contributed by atoms with Gasteiger partial charge in [-0.15, -0.1) is 0 Å². The molecule has 1 aromatic rings. The van der Waals surface area contributed by atoms with Crippen molar-refractivity contribution < 1.29 is 28.5 Å². The highest BCUT2D eigenvalue weighted by atomic mass is 16.6.